The summed E-state index contributed by atoms with van der Waals surface area (Å²) in [4.78, 5) is 1.60. The zero-order chi connectivity index (χ0) is 7.40. The van der Waals surface area contributed by atoms with E-state index in [0.29, 0.717) is 0 Å². The van der Waals surface area contributed by atoms with Crippen molar-refractivity contribution in [3.63, 3.8) is 0 Å². The summed E-state index contributed by atoms with van der Waals surface area (Å²) in [6.45, 7) is 2.18. The number of rotatable bonds is 3. The number of aryl methyl sites for hydroxylation is 2. The molecule has 3 heteroatoms. The van der Waals surface area contributed by atoms with Gasteiger partial charge in [0.15, 0.2) is 0 Å². The Hall–Kier alpha value is -0.860. The van der Waals surface area contributed by atoms with E-state index in [1.165, 1.54) is 12.8 Å². The molecule has 0 radical (unpaired) electrons. The summed E-state index contributed by atoms with van der Waals surface area (Å²) < 4.78 is 0. The van der Waals surface area contributed by atoms with Crippen LogP contribution in [0.15, 0.2) is 6.20 Å². The molecular formula is C7H13N3. The smallest absolute Gasteiger partial charge is 0.0827 e. The van der Waals surface area contributed by atoms with Crippen molar-refractivity contribution in [3.8, 4) is 0 Å². The van der Waals surface area contributed by atoms with E-state index in [1.54, 1.807) is 4.80 Å². The molecule has 0 aliphatic carbocycles. The predicted octanol–water partition coefficient (Wildman–Crippen LogP) is 1.16. The molecule has 0 aliphatic rings. The van der Waals surface area contributed by atoms with Crippen LogP contribution >= 0.6 is 0 Å². The highest BCUT2D eigenvalue weighted by atomic mass is 15.4. The summed E-state index contributed by atoms with van der Waals surface area (Å²) in [6, 6.07) is 0. The van der Waals surface area contributed by atoms with Crippen LogP contribution in [0, 0.1) is 0 Å². The molecule has 3 nitrogen and oxygen atoms in total. The summed E-state index contributed by atoms with van der Waals surface area (Å²) in [7, 11) is 1.84. The fourth-order valence-corrected chi connectivity index (χ4v) is 0.860. The first-order chi connectivity index (χ1) is 4.83. The van der Waals surface area contributed by atoms with Crippen molar-refractivity contribution in [3.05, 3.63) is 11.9 Å². The minimum atomic E-state index is 1.06. The first kappa shape index (κ1) is 7.25. The third-order valence-electron chi connectivity index (χ3n) is 1.43. The van der Waals surface area contributed by atoms with Crippen LogP contribution in [0.5, 0.6) is 0 Å². The first-order valence-electron chi connectivity index (χ1n) is 3.68. The summed E-state index contributed by atoms with van der Waals surface area (Å²) in [5.41, 5.74) is 1.10. The molecule has 0 atom stereocenters. The molecule has 0 fully saturated rings. The Morgan fingerprint density at radius 1 is 1.60 bits per heavy atom. The lowest BCUT2D eigenvalue weighted by Gasteiger charge is -1.89. The fraction of sp³-hybridized carbons (Fsp3) is 0.714. The molecule has 0 amide bonds. The fourth-order valence-electron chi connectivity index (χ4n) is 0.860. The van der Waals surface area contributed by atoms with Crippen molar-refractivity contribution in [2.75, 3.05) is 0 Å². The lowest BCUT2D eigenvalue weighted by molar-refractivity contribution is 0.639. The largest absolute Gasteiger partial charge is 0.188 e. The molecule has 0 unspecified atom stereocenters. The minimum Gasteiger partial charge on any atom is -0.188 e. The number of aromatic nitrogens is 3. The van der Waals surface area contributed by atoms with Gasteiger partial charge >= 0.3 is 0 Å². The van der Waals surface area contributed by atoms with Crippen molar-refractivity contribution in [2.45, 2.75) is 26.2 Å². The van der Waals surface area contributed by atoms with E-state index in [-0.39, 0.29) is 0 Å². The molecule has 10 heavy (non-hydrogen) atoms. The predicted molar refractivity (Wildman–Crippen MR) is 39.6 cm³/mol. The number of unbranched alkanes of at least 4 members (excludes halogenated alkanes) is 1. The van der Waals surface area contributed by atoms with Gasteiger partial charge in [-0.3, -0.25) is 0 Å². The van der Waals surface area contributed by atoms with Gasteiger partial charge in [0.25, 0.3) is 0 Å². The normalized spacial score (nSPS) is 10.2. The molecule has 1 rings (SSSR count). The SMILES string of the molecule is CCCCc1cnn(C)n1. The van der Waals surface area contributed by atoms with Gasteiger partial charge in [-0.1, -0.05) is 13.3 Å². The number of hydrogen-bond acceptors (Lipinski definition) is 2. The molecule has 1 aromatic heterocycles. The van der Waals surface area contributed by atoms with Gasteiger partial charge in [0, 0.05) is 7.05 Å². The average Bonchev–Trinajstić information content (AvgIpc) is 2.31. The van der Waals surface area contributed by atoms with Gasteiger partial charge in [-0.2, -0.15) is 15.0 Å². The van der Waals surface area contributed by atoms with Crippen LogP contribution in [0.2, 0.25) is 0 Å². The Kier molecular flexibility index (Phi) is 2.42. The molecule has 0 saturated carbocycles. The summed E-state index contributed by atoms with van der Waals surface area (Å²) in [5, 5.41) is 8.13. The second kappa shape index (κ2) is 3.34. The lowest BCUT2D eigenvalue weighted by atomic mass is 10.2. The molecule has 56 valence electrons. The standard InChI is InChI=1S/C7H13N3/c1-3-4-5-7-6-8-10(2)9-7/h6H,3-5H2,1-2H3. The molecule has 0 N–H and O–H groups in total. The van der Waals surface area contributed by atoms with Gasteiger partial charge < -0.3 is 0 Å². The van der Waals surface area contributed by atoms with Crippen molar-refractivity contribution in [1.82, 2.24) is 15.0 Å². The topological polar surface area (TPSA) is 30.7 Å². The Balaban J connectivity index is 2.42. The van der Waals surface area contributed by atoms with Gasteiger partial charge in [0.05, 0.1) is 11.9 Å². The van der Waals surface area contributed by atoms with Gasteiger partial charge in [-0.15, -0.1) is 0 Å². The van der Waals surface area contributed by atoms with Crippen LogP contribution in [-0.2, 0) is 13.5 Å². The second-order valence-electron chi connectivity index (χ2n) is 2.43. The van der Waals surface area contributed by atoms with Crippen LogP contribution < -0.4 is 0 Å². The molecule has 0 saturated heterocycles. The molecule has 1 heterocycles. The van der Waals surface area contributed by atoms with E-state index in [0.717, 1.165) is 12.1 Å². The Labute approximate surface area is 61.1 Å². The van der Waals surface area contributed by atoms with Crippen molar-refractivity contribution < 1.29 is 0 Å². The van der Waals surface area contributed by atoms with E-state index in [1.807, 2.05) is 13.2 Å². The highest BCUT2D eigenvalue weighted by molar-refractivity contribution is 4.90. The average molecular weight is 139 g/mol. The van der Waals surface area contributed by atoms with E-state index >= 15 is 0 Å². The Morgan fingerprint density at radius 3 is 2.90 bits per heavy atom. The van der Waals surface area contributed by atoms with E-state index in [2.05, 4.69) is 17.1 Å². The zero-order valence-corrected chi connectivity index (χ0v) is 6.54. The van der Waals surface area contributed by atoms with Gasteiger partial charge in [0.2, 0.25) is 0 Å². The maximum Gasteiger partial charge on any atom is 0.0827 e. The third-order valence-corrected chi connectivity index (χ3v) is 1.43. The monoisotopic (exact) mass is 139 g/mol. The van der Waals surface area contributed by atoms with Crippen molar-refractivity contribution in [1.29, 1.82) is 0 Å². The van der Waals surface area contributed by atoms with E-state index in [4.69, 9.17) is 0 Å². The summed E-state index contributed by atoms with van der Waals surface area (Å²) in [6.07, 6.45) is 5.31. The first-order valence-corrected chi connectivity index (χ1v) is 3.68. The van der Waals surface area contributed by atoms with Crippen LogP contribution in [0.3, 0.4) is 0 Å². The van der Waals surface area contributed by atoms with Gasteiger partial charge in [-0.25, -0.2) is 0 Å². The summed E-state index contributed by atoms with van der Waals surface area (Å²) in [5.74, 6) is 0. The molecule has 0 aliphatic heterocycles. The number of nitrogens with zero attached hydrogens (tertiary/aromatic N) is 3. The van der Waals surface area contributed by atoms with Gasteiger partial charge in [-0.05, 0) is 12.8 Å². The van der Waals surface area contributed by atoms with Crippen LogP contribution in [0.4, 0.5) is 0 Å². The lowest BCUT2D eigenvalue weighted by Crippen LogP contribution is -1.93. The Bertz CT molecular complexity index is 192. The van der Waals surface area contributed by atoms with Gasteiger partial charge in [0.1, 0.15) is 0 Å². The van der Waals surface area contributed by atoms with E-state index in [9.17, 15) is 0 Å². The molecule has 0 bridgehead atoms. The molecular weight excluding hydrogens is 126 g/mol. The van der Waals surface area contributed by atoms with Crippen molar-refractivity contribution >= 4 is 0 Å². The Morgan fingerprint density at radius 2 is 2.40 bits per heavy atom. The quantitative estimate of drug-likeness (QED) is 0.629. The molecule has 1 aromatic rings. The van der Waals surface area contributed by atoms with Crippen LogP contribution in [0.1, 0.15) is 25.5 Å². The van der Waals surface area contributed by atoms with Crippen LogP contribution in [0.25, 0.3) is 0 Å². The maximum atomic E-state index is 4.15. The number of hydrogen-bond donors (Lipinski definition) is 0. The second-order valence-corrected chi connectivity index (χ2v) is 2.43. The summed E-state index contributed by atoms with van der Waals surface area (Å²) >= 11 is 0. The van der Waals surface area contributed by atoms with E-state index < -0.39 is 0 Å². The minimum absolute atomic E-state index is 1.06. The highest BCUT2D eigenvalue weighted by Gasteiger charge is 1.94. The molecule has 0 aromatic carbocycles. The third kappa shape index (κ3) is 1.83. The molecule has 0 spiro atoms. The van der Waals surface area contributed by atoms with Crippen molar-refractivity contribution in [2.24, 2.45) is 7.05 Å². The highest BCUT2D eigenvalue weighted by Crippen LogP contribution is 1.98. The maximum absolute atomic E-state index is 4.15. The van der Waals surface area contributed by atoms with Crippen LogP contribution in [-0.4, -0.2) is 15.0 Å². The zero-order valence-electron chi connectivity index (χ0n) is 6.54.